The van der Waals surface area contributed by atoms with Crippen LogP contribution >= 0.6 is 0 Å². The standard InChI is InChI=1S/C28H35F2N3O2/c1-19(27(34)32-24-3-2-4-24)22-9-7-20(8-10-22)5-6-21-13-14-33(17-21)26-12-11-25(16-31-26)35-18-23-15-28(23,29)30/h7-12,16,19,21,23-24H,2-6,13-15,17-18H2,1H3,(H,32,34)/t19?,21-,23?/m1/s1. The molecule has 1 N–H and O–H groups in total. The minimum Gasteiger partial charge on any atom is -0.491 e. The summed E-state index contributed by atoms with van der Waals surface area (Å²) in [5.74, 6) is -1.13. The van der Waals surface area contributed by atoms with Crippen LogP contribution in [0.4, 0.5) is 14.6 Å². The molecule has 1 aromatic heterocycles. The second kappa shape index (κ2) is 10.1. The van der Waals surface area contributed by atoms with Gasteiger partial charge in [-0.3, -0.25) is 4.79 Å². The number of hydrogen-bond acceptors (Lipinski definition) is 4. The summed E-state index contributed by atoms with van der Waals surface area (Å²) in [6.45, 7) is 3.97. The molecular weight excluding hydrogens is 448 g/mol. The van der Waals surface area contributed by atoms with E-state index in [9.17, 15) is 13.6 Å². The molecule has 5 nitrogen and oxygen atoms in total. The number of anilines is 1. The quantitative estimate of drug-likeness (QED) is 0.495. The Morgan fingerprint density at radius 3 is 2.60 bits per heavy atom. The molecule has 2 aliphatic carbocycles. The second-order valence-electron chi connectivity index (χ2n) is 10.6. The van der Waals surface area contributed by atoms with Crippen molar-refractivity contribution in [2.45, 2.75) is 69.8 Å². The third-order valence-electron chi connectivity index (χ3n) is 7.90. The number of nitrogens with one attached hydrogen (secondary N) is 1. The number of halogens is 2. The average molecular weight is 484 g/mol. The molecule has 2 unspecified atom stereocenters. The topological polar surface area (TPSA) is 54.5 Å². The fraction of sp³-hybridized carbons (Fsp3) is 0.571. The minimum absolute atomic E-state index is 0.0490. The van der Waals surface area contributed by atoms with E-state index in [0.29, 0.717) is 17.7 Å². The van der Waals surface area contributed by atoms with Gasteiger partial charge in [-0.2, -0.15) is 0 Å². The number of pyridine rings is 1. The maximum Gasteiger partial charge on any atom is 0.255 e. The Morgan fingerprint density at radius 1 is 1.20 bits per heavy atom. The van der Waals surface area contributed by atoms with Gasteiger partial charge in [0.05, 0.1) is 24.6 Å². The number of carbonyl (C=O) groups is 1. The average Bonchev–Trinajstić information content (AvgIpc) is 3.21. The van der Waals surface area contributed by atoms with Gasteiger partial charge in [-0.25, -0.2) is 13.8 Å². The van der Waals surface area contributed by atoms with Gasteiger partial charge in [-0.15, -0.1) is 0 Å². The summed E-state index contributed by atoms with van der Waals surface area (Å²) in [5.41, 5.74) is 2.38. The van der Waals surface area contributed by atoms with Crippen molar-refractivity contribution in [1.29, 1.82) is 0 Å². The molecule has 188 valence electrons. The van der Waals surface area contributed by atoms with Crippen LogP contribution in [0, 0.1) is 11.8 Å². The second-order valence-corrected chi connectivity index (χ2v) is 10.6. The molecule has 2 aromatic rings. The van der Waals surface area contributed by atoms with E-state index in [2.05, 4.69) is 39.5 Å². The van der Waals surface area contributed by atoms with Crippen LogP contribution in [0.15, 0.2) is 42.6 Å². The van der Waals surface area contributed by atoms with Crippen LogP contribution in [0.2, 0.25) is 0 Å². The Kier molecular flexibility index (Phi) is 6.94. The molecule has 7 heteroatoms. The summed E-state index contributed by atoms with van der Waals surface area (Å²) in [6.07, 6.45) is 8.26. The van der Waals surface area contributed by atoms with Gasteiger partial charge in [-0.1, -0.05) is 24.3 Å². The third-order valence-corrected chi connectivity index (χ3v) is 7.90. The van der Waals surface area contributed by atoms with Crippen molar-refractivity contribution in [3.8, 4) is 5.75 Å². The van der Waals surface area contributed by atoms with Gasteiger partial charge >= 0.3 is 0 Å². The lowest BCUT2D eigenvalue weighted by Gasteiger charge is -2.27. The molecule has 2 heterocycles. The van der Waals surface area contributed by atoms with E-state index < -0.39 is 11.8 Å². The molecule has 1 saturated heterocycles. The van der Waals surface area contributed by atoms with Crippen LogP contribution in [0.25, 0.3) is 0 Å². The van der Waals surface area contributed by atoms with Gasteiger partial charge in [0.1, 0.15) is 11.6 Å². The molecular formula is C28H35F2N3O2. The first kappa shape index (κ1) is 24.0. The molecule has 3 aliphatic rings. The summed E-state index contributed by atoms with van der Waals surface area (Å²) < 4.78 is 31.4. The first-order valence-electron chi connectivity index (χ1n) is 13.0. The summed E-state index contributed by atoms with van der Waals surface area (Å²) >= 11 is 0. The molecule has 3 fully saturated rings. The van der Waals surface area contributed by atoms with Crippen molar-refractivity contribution in [1.82, 2.24) is 10.3 Å². The zero-order valence-corrected chi connectivity index (χ0v) is 20.4. The van der Waals surface area contributed by atoms with Crippen molar-refractivity contribution in [3.05, 3.63) is 53.7 Å². The summed E-state index contributed by atoms with van der Waals surface area (Å²) in [6, 6.07) is 12.6. The Hall–Kier alpha value is -2.70. The van der Waals surface area contributed by atoms with Gasteiger partial charge < -0.3 is 15.0 Å². The molecule has 0 bridgehead atoms. The lowest BCUT2D eigenvalue weighted by atomic mass is 9.91. The monoisotopic (exact) mass is 483 g/mol. The highest BCUT2D eigenvalue weighted by Crippen LogP contribution is 2.48. The number of carbonyl (C=O) groups excluding carboxylic acids is 1. The highest BCUT2D eigenvalue weighted by molar-refractivity contribution is 5.83. The molecule has 3 atom stereocenters. The molecule has 1 amide bonds. The summed E-state index contributed by atoms with van der Waals surface area (Å²) in [4.78, 5) is 19.2. The lowest BCUT2D eigenvalue weighted by Crippen LogP contribution is -2.41. The van der Waals surface area contributed by atoms with Crippen LogP contribution in [0.5, 0.6) is 5.75 Å². The molecule has 2 saturated carbocycles. The third kappa shape index (κ3) is 5.93. The Labute approximate surface area is 206 Å². The maximum absolute atomic E-state index is 13.0. The number of nitrogens with zero attached hydrogens (tertiary/aromatic N) is 2. The highest BCUT2D eigenvalue weighted by Gasteiger charge is 2.57. The number of aromatic nitrogens is 1. The van der Waals surface area contributed by atoms with Crippen LogP contribution in [-0.4, -0.2) is 42.6 Å². The normalized spacial score (nSPS) is 24.0. The number of aryl methyl sites for hydroxylation is 1. The maximum atomic E-state index is 13.0. The van der Waals surface area contributed by atoms with E-state index in [-0.39, 0.29) is 24.9 Å². The SMILES string of the molecule is CC(C(=O)NC1CCC1)c1ccc(CC[C@@H]2CCN(c3ccc(OCC4CC4(F)F)cn3)C2)cc1. The number of hydrogen-bond donors (Lipinski definition) is 1. The number of amides is 1. The fourth-order valence-corrected chi connectivity index (χ4v) is 4.94. The van der Waals surface area contributed by atoms with E-state index in [1.54, 1.807) is 6.20 Å². The van der Waals surface area contributed by atoms with Crippen molar-refractivity contribution in [2.24, 2.45) is 11.8 Å². The van der Waals surface area contributed by atoms with Gasteiger partial charge in [0.15, 0.2) is 0 Å². The molecule has 0 spiro atoms. The zero-order valence-electron chi connectivity index (χ0n) is 20.4. The molecule has 1 aliphatic heterocycles. The summed E-state index contributed by atoms with van der Waals surface area (Å²) in [5, 5.41) is 3.15. The van der Waals surface area contributed by atoms with Crippen molar-refractivity contribution in [2.75, 3.05) is 24.6 Å². The molecule has 35 heavy (non-hydrogen) atoms. The molecule has 0 radical (unpaired) electrons. The van der Waals surface area contributed by atoms with E-state index in [1.807, 2.05) is 19.1 Å². The van der Waals surface area contributed by atoms with E-state index in [1.165, 1.54) is 12.0 Å². The molecule has 1 aromatic carbocycles. The smallest absolute Gasteiger partial charge is 0.255 e. The van der Waals surface area contributed by atoms with Crippen LogP contribution < -0.4 is 15.0 Å². The van der Waals surface area contributed by atoms with Crippen molar-refractivity contribution in [3.63, 3.8) is 0 Å². The Bertz CT molecular complexity index is 1010. The van der Waals surface area contributed by atoms with Crippen LogP contribution in [0.3, 0.4) is 0 Å². The van der Waals surface area contributed by atoms with Crippen molar-refractivity contribution >= 4 is 11.7 Å². The van der Waals surface area contributed by atoms with Crippen LogP contribution in [0.1, 0.15) is 62.5 Å². The minimum atomic E-state index is -2.55. The zero-order chi connectivity index (χ0) is 24.4. The molecule has 5 rings (SSSR count). The lowest BCUT2D eigenvalue weighted by molar-refractivity contribution is -0.123. The van der Waals surface area contributed by atoms with Crippen LogP contribution in [-0.2, 0) is 11.2 Å². The van der Waals surface area contributed by atoms with E-state index >= 15 is 0 Å². The highest BCUT2D eigenvalue weighted by atomic mass is 19.3. The summed E-state index contributed by atoms with van der Waals surface area (Å²) in [7, 11) is 0. The van der Waals surface area contributed by atoms with Gasteiger partial charge in [-0.05, 0) is 74.6 Å². The number of rotatable bonds is 10. The number of ether oxygens (including phenoxy) is 1. The Balaban J connectivity index is 1.05. The fourth-order valence-electron chi connectivity index (χ4n) is 4.94. The van der Waals surface area contributed by atoms with E-state index in [0.717, 1.165) is 56.6 Å². The largest absolute Gasteiger partial charge is 0.491 e. The van der Waals surface area contributed by atoms with Gasteiger partial charge in [0.2, 0.25) is 5.91 Å². The number of benzene rings is 1. The first-order valence-corrected chi connectivity index (χ1v) is 13.0. The Morgan fingerprint density at radius 2 is 1.97 bits per heavy atom. The van der Waals surface area contributed by atoms with E-state index in [4.69, 9.17) is 4.74 Å². The van der Waals surface area contributed by atoms with Crippen molar-refractivity contribution < 1.29 is 18.3 Å². The van der Waals surface area contributed by atoms with Gasteiger partial charge in [0.25, 0.3) is 5.92 Å². The predicted octanol–water partition coefficient (Wildman–Crippen LogP) is 5.35. The first-order chi connectivity index (χ1) is 16.9. The predicted molar refractivity (Wildman–Crippen MR) is 132 cm³/mol. The van der Waals surface area contributed by atoms with Gasteiger partial charge in [0, 0.05) is 25.6 Å². The number of alkyl halides is 2.